The van der Waals surface area contributed by atoms with E-state index >= 15 is 0 Å². The fourth-order valence-corrected chi connectivity index (χ4v) is 4.31. The van der Waals surface area contributed by atoms with E-state index in [1.165, 1.54) is 63.4 Å². The Kier molecular flexibility index (Phi) is 16.0. The van der Waals surface area contributed by atoms with Crippen molar-refractivity contribution in [3.63, 3.8) is 0 Å². The Morgan fingerprint density at radius 2 is 1.56 bits per heavy atom. The molecule has 0 unspecified atom stereocenters. The highest BCUT2D eigenvalue weighted by Crippen LogP contribution is 2.32. The second-order valence-electron chi connectivity index (χ2n) is 10.7. The number of amides is 1. The Labute approximate surface area is 237 Å². The van der Waals surface area contributed by atoms with Gasteiger partial charge >= 0.3 is 0 Å². The minimum Gasteiger partial charge on any atom is -1.00 e. The van der Waals surface area contributed by atoms with E-state index in [4.69, 9.17) is 4.74 Å². The van der Waals surface area contributed by atoms with Gasteiger partial charge in [0.1, 0.15) is 17.9 Å². The van der Waals surface area contributed by atoms with Crippen LogP contribution in [-0.4, -0.2) is 12.5 Å². The summed E-state index contributed by atoms with van der Waals surface area (Å²) in [6.45, 7) is 13.1. The van der Waals surface area contributed by atoms with Gasteiger partial charge in [0.05, 0.1) is 6.61 Å². The van der Waals surface area contributed by atoms with Crippen LogP contribution in [0.1, 0.15) is 120 Å². The maximum Gasteiger partial charge on any atom is 0.257 e. The van der Waals surface area contributed by atoms with E-state index in [1.54, 1.807) is 0 Å². The molecule has 0 atom stereocenters. The highest BCUT2D eigenvalue weighted by molar-refractivity contribution is 5.93. The van der Waals surface area contributed by atoms with Crippen molar-refractivity contribution in [1.29, 1.82) is 0 Å². The number of unbranched alkanes of at least 4 members (excludes halogenated alkanes) is 9. The van der Waals surface area contributed by atoms with Crippen LogP contribution >= 0.6 is 0 Å². The van der Waals surface area contributed by atoms with Crippen molar-refractivity contribution in [1.82, 2.24) is 5.32 Å². The number of nitrogens with one attached hydrogen (secondary N) is 1. The van der Waals surface area contributed by atoms with Crippen molar-refractivity contribution in [3.05, 3.63) is 59.4 Å². The smallest absolute Gasteiger partial charge is 0.257 e. The second-order valence-corrected chi connectivity index (χ2v) is 10.7. The Morgan fingerprint density at radius 3 is 2.17 bits per heavy atom. The monoisotopic (exact) mass is 608 g/mol. The van der Waals surface area contributed by atoms with Gasteiger partial charge in [-0.3, -0.25) is 4.79 Å². The molecule has 1 N–H and O–H groups in total. The predicted octanol–water partition coefficient (Wildman–Crippen LogP) is 4.53. The molecule has 0 fully saturated rings. The van der Waals surface area contributed by atoms with Crippen molar-refractivity contribution in [2.24, 2.45) is 0 Å². The summed E-state index contributed by atoms with van der Waals surface area (Å²) in [5, 5.41) is 3.06. The number of hydrogen-bond acceptors (Lipinski definition) is 2. The third kappa shape index (κ3) is 12.1. The van der Waals surface area contributed by atoms with Crippen LogP contribution in [0.4, 0.5) is 0 Å². The normalized spacial score (nSPS) is 11.1. The lowest BCUT2D eigenvalue weighted by Gasteiger charge is -2.24. The Morgan fingerprint density at radius 1 is 0.917 bits per heavy atom. The molecule has 1 aromatic carbocycles. The van der Waals surface area contributed by atoms with Gasteiger partial charge in [-0.25, -0.2) is 4.57 Å². The van der Waals surface area contributed by atoms with Gasteiger partial charge in [0.25, 0.3) is 5.91 Å². The van der Waals surface area contributed by atoms with Gasteiger partial charge in [-0.05, 0) is 48.1 Å². The molecule has 1 aromatic heterocycles. The largest absolute Gasteiger partial charge is 1.00 e. The average Bonchev–Trinajstić information content (AvgIpc) is 2.85. The fraction of sp³-hybridized carbons (Fsp3) is 0.613. The van der Waals surface area contributed by atoms with Crippen molar-refractivity contribution >= 4 is 5.91 Å². The molecule has 0 aliphatic heterocycles. The van der Waals surface area contributed by atoms with Gasteiger partial charge in [-0.1, -0.05) is 91.5 Å². The number of carbonyl (C=O) groups excluding carboxylic acids is 1. The summed E-state index contributed by atoms with van der Waals surface area (Å²) in [4.78, 5) is 12.6. The van der Waals surface area contributed by atoms with Crippen LogP contribution in [0.5, 0.6) is 5.75 Å². The first-order valence-electron chi connectivity index (χ1n) is 13.9. The zero-order valence-corrected chi connectivity index (χ0v) is 25.5. The van der Waals surface area contributed by atoms with Crippen molar-refractivity contribution in [2.45, 2.75) is 117 Å². The van der Waals surface area contributed by atoms with Crippen molar-refractivity contribution in [3.8, 4) is 5.75 Å². The first-order chi connectivity index (χ1) is 16.8. The summed E-state index contributed by atoms with van der Waals surface area (Å²) >= 11 is 0. The molecule has 1 amide bonds. The molecule has 36 heavy (non-hydrogen) atoms. The van der Waals surface area contributed by atoms with Crippen LogP contribution < -0.4 is 38.6 Å². The van der Waals surface area contributed by atoms with Crippen LogP contribution in [0, 0.1) is 0 Å². The predicted molar refractivity (Wildman–Crippen MR) is 146 cm³/mol. The van der Waals surface area contributed by atoms with Crippen LogP contribution in [0.25, 0.3) is 0 Å². The average molecular weight is 609 g/mol. The molecule has 202 valence electrons. The SMILES string of the molecule is CCCCCCCCCCCCOc1ccc(CNC(=O)c2ccc[n+](CC)c2)cc1C(C)(C)C.[I-]. The number of nitrogens with zero attached hydrogens (tertiary/aromatic N) is 1. The molecule has 2 aromatic rings. The number of pyridine rings is 1. The zero-order chi connectivity index (χ0) is 25.5. The number of hydrogen-bond donors (Lipinski definition) is 1. The summed E-state index contributed by atoms with van der Waals surface area (Å²) < 4.78 is 8.23. The fourth-order valence-electron chi connectivity index (χ4n) is 4.31. The first kappa shape index (κ1) is 32.4. The molecule has 0 saturated carbocycles. The molecule has 0 aliphatic rings. The van der Waals surface area contributed by atoms with Crippen molar-refractivity contribution < 1.29 is 38.1 Å². The molecule has 0 saturated heterocycles. The molecular formula is C31H49IN2O2. The number of aryl methyl sites for hydroxylation is 1. The van der Waals surface area contributed by atoms with E-state index in [2.05, 4.69) is 58.1 Å². The van der Waals surface area contributed by atoms with Crippen LogP contribution in [0.2, 0.25) is 0 Å². The Bertz CT molecular complexity index is 892. The summed E-state index contributed by atoms with van der Waals surface area (Å²) in [6.07, 6.45) is 17.1. The van der Waals surface area contributed by atoms with Gasteiger partial charge in [-0.15, -0.1) is 0 Å². The lowest BCUT2D eigenvalue weighted by molar-refractivity contribution is -0.693. The maximum absolute atomic E-state index is 12.6. The molecule has 1 heterocycles. The van der Waals surface area contributed by atoms with Gasteiger partial charge in [0.2, 0.25) is 0 Å². The minimum absolute atomic E-state index is 0. The summed E-state index contributed by atoms with van der Waals surface area (Å²) in [5.41, 5.74) is 2.94. The van der Waals surface area contributed by atoms with E-state index in [9.17, 15) is 4.79 Å². The number of ether oxygens (including phenoxy) is 1. The number of halogens is 1. The molecule has 0 radical (unpaired) electrons. The van der Waals surface area contributed by atoms with E-state index in [1.807, 2.05) is 29.1 Å². The molecule has 0 bridgehead atoms. The number of carbonyl (C=O) groups is 1. The quantitative estimate of drug-likeness (QED) is 0.173. The highest BCUT2D eigenvalue weighted by Gasteiger charge is 2.20. The molecule has 5 heteroatoms. The first-order valence-corrected chi connectivity index (χ1v) is 13.9. The maximum atomic E-state index is 12.6. The molecule has 0 aliphatic carbocycles. The van der Waals surface area contributed by atoms with Gasteiger partial charge in [0.15, 0.2) is 12.4 Å². The molecule has 0 spiro atoms. The third-order valence-electron chi connectivity index (χ3n) is 6.55. The summed E-state index contributed by atoms with van der Waals surface area (Å²) in [6, 6.07) is 10.1. The van der Waals surface area contributed by atoms with E-state index < -0.39 is 0 Å². The van der Waals surface area contributed by atoms with E-state index in [0.717, 1.165) is 30.9 Å². The third-order valence-corrected chi connectivity index (χ3v) is 6.55. The van der Waals surface area contributed by atoms with E-state index in [-0.39, 0.29) is 35.3 Å². The highest BCUT2D eigenvalue weighted by atomic mass is 127. The lowest BCUT2D eigenvalue weighted by atomic mass is 9.85. The van der Waals surface area contributed by atoms with Crippen LogP contribution in [0.3, 0.4) is 0 Å². The molecular weight excluding hydrogens is 559 g/mol. The minimum atomic E-state index is -0.0496. The second kappa shape index (κ2) is 17.8. The van der Waals surface area contributed by atoms with Gasteiger partial charge < -0.3 is 34.0 Å². The lowest BCUT2D eigenvalue weighted by Crippen LogP contribution is -3.00. The van der Waals surface area contributed by atoms with Crippen LogP contribution in [-0.2, 0) is 18.5 Å². The molecule has 2 rings (SSSR count). The summed E-state index contributed by atoms with van der Waals surface area (Å²) in [7, 11) is 0. The van der Waals surface area contributed by atoms with Gasteiger partial charge in [0, 0.05) is 12.6 Å². The standard InChI is InChI=1S/C31H48N2O2.HI/c1-6-8-9-10-11-12-13-14-15-16-22-35-29-20-19-26(23-28(29)31(3,4)5)24-32-30(34)27-18-17-21-33(7-2)25-27;/h17-21,23,25H,6-16,22,24H2,1-5H3;1H. The Balaban J connectivity index is 0.00000648. The van der Waals surface area contributed by atoms with Crippen LogP contribution in [0.15, 0.2) is 42.7 Å². The number of aromatic nitrogens is 1. The number of rotatable bonds is 16. The van der Waals surface area contributed by atoms with E-state index in [0.29, 0.717) is 12.1 Å². The Hall–Kier alpha value is -1.63. The number of benzene rings is 1. The zero-order valence-electron chi connectivity index (χ0n) is 23.4. The van der Waals surface area contributed by atoms with Crippen molar-refractivity contribution in [2.75, 3.05) is 6.61 Å². The van der Waals surface area contributed by atoms with Gasteiger partial charge in [-0.2, -0.15) is 0 Å². The summed E-state index contributed by atoms with van der Waals surface area (Å²) in [5.74, 6) is 0.918. The topological polar surface area (TPSA) is 42.2 Å². The molecule has 4 nitrogen and oxygen atoms in total.